The van der Waals surface area contributed by atoms with Crippen LogP contribution in [0, 0.1) is 0 Å². The van der Waals surface area contributed by atoms with Crippen molar-refractivity contribution in [3.8, 4) is 23.0 Å². The summed E-state index contributed by atoms with van der Waals surface area (Å²) in [4.78, 5) is 0. The lowest BCUT2D eigenvalue weighted by Gasteiger charge is -2.05. The van der Waals surface area contributed by atoms with Gasteiger partial charge in [0.15, 0.2) is 0 Å². The maximum Gasteiger partial charge on any atom is 0.118 e. The van der Waals surface area contributed by atoms with Crippen LogP contribution in [0.2, 0.25) is 0 Å². The molecule has 0 bridgehead atoms. The van der Waals surface area contributed by atoms with Gasteiger partial charge in [0, 0.05) is 0 Å². The van der Waals surface area contributed by atoms with Crippen LogP contribution in [0.4, 0.5) is 0 Å². The normalized spacial score (nSPS) is 10.1. The Balaban J connectivity index is 0.000000182. The molecule has 0 amide bonds. The minimum absolute atomic E-state index is 0.282. The summed E-state index contributed by atoms with van der Waals surface area (Å²) >= 11 is 0. The van der Waals surface area contributed by atoms with E-state index in [-0.39, 0.29) is 11.5 Å². The Morgan fingerprint density at radius 2 is 0.688 bits per heavy atom. The van der Waals surface area contributed by atoms with Gasteiger partial charge in [-0.3, -0.25) is 0 Å². The molecule has 0 aliphatic carbocycles. The highest BCUT2D eigenvalue weighted by atomic mass is 16.5. The van der Waals surface area contributed by atoms with E-state index in [1.165, 1.54) is 11.1 Å². The molecule has 4 rings (SSSR count). The number of phenolic OH excluding ortho intramolecular Hbond substituents is 2. The highest BCUT2D eigenvalue weighted by Gasteiger charge is 1.99. The Labute approximate surface area is 189 Å². The Morgan fingerprint density at radius 3 is 0.938 bits per heavy atom. The molecule has 32 heavy (non-hydrogen) atoms. The molecule has 4 nitrogen and oxygen atoms in total. The molecule has 0 saturated carbocycles. The Bertz CT molecular complexity index is 979. The highest BCUT2D eigenvalue weighted by Crippen LogP contribution is 2.18. The Hall–Kier alpha value is -3.92. The third kappa shape index (κ3) is 7.10. The Morgan fingerprint density at radius 1 is 0.438 bits per heavy atom. The van der Waals surface area contributed by atoms with E-state index in [0.717, 1.165) is 35.5 Å². The second-order valence-electron chi connectivity index (χ2n) is 7.38. The smallest absolute Gasteiger partial charge is 0.118 e. The fraction of sp³-hybridized carbons (Fsp3) is 0.143. The first-order valence-corrected chi connectivity index (χ1v) is 10.4. The van der Waals surface area contributed by atoms with Crippen LogP contribution in [0.1, 0.15) is 22.3 Å². The number of phenols is 2. The van der Waals surface area contributed by atoms with Crippen LogP contribution in [0.25, 0.3) is 0 Å². The number of rotatable bonds is 6. The van der Waals surface area contributed by atoms with Crippen LogP contribution in [0.3, 0.4) is 0 Å². The first-order valence-electron chi connectivity index (χ1n) is 10.4. The van der Waals surface area contributed by atoms with Crippen molar-refractivity contribution in [1.29, 1.82) is 0 Å². The highest BCUT2D eigenvalue weighted by molar-refractivity contribution is 5.34. The van der Waals surface area contributed by atoms with Crippen molar-refractivity contribution >= 4 is 0 Å². The van der Waals surface area contributed by atoms with Crippen molar-refractivity contribution in [2.24, 2.45) is 0 Å². The lowest BCUT2D eigenvalue weighted by atomic mass is 10.0. The number of benzene rings is 4. The van der Waals surface area contributed by atoms with E-state index in [1.54, 1.807) is 38.5 Å². The van der Waals surface area contributed by atoms with E-state index >= 15 is 0 Å². The second kappa shape index (κ2) is 11.5. The predicted octanol–water partition coefficient (Wildman–Crippen LogP) is 5.98. The predicted molar refractivity (Wildman–Crippen MR) is 128 cm³/mol. The topological polar surface area (TPSA) is 58.9 Å². The van der Waals surface area contributed by atoms with Crippen molar-refractivity contribution in [2.45, 2.75) is 12.8 Å². The minimum atomic E-state index is 0.282. The van der Waals surface area contributed by atoms with E-state index in [0.29, 0.717) is 0 Å². The van der Waals surface area contributed by atoms with Gasteiger partial charge in [0.05, 0.1) is 14.2 Å². The summed E-state index contributed by atoms with van der Waals surface area (Å²) in [6, 6.07) is 30.6. The van der Waals surface area contributed by atoms with Gasteiger partial charge in [-0.15, -0.1) is 0 Å². The standard InChI is InChI=1S/C15H16O2.C13H12O2/c1-16-14-7-3-12(4-8-14)11-13-5-9-15(17-2)10-6-13;14-12-5-1-10(2-6-12)9-11-3-7-13(15)8-4-11/h3-10H,11H2,1-2H3;1-8,14-15H,9H2. The summed E-state index contributed by atoms with van der Waals surface area (Å²) < 4.78 is 10.3. The molecule has 0 fully saturated rings. The fourth-order valence-electron chi connectivity index (χ4n) is 3.19. The zero-order chi connectivity index (χ0) is 22.8. The van der Waals surface area contributed by atoms with E-state index in [9.17, 15) is 0 Å². The summed E-state index contributed by atoms with van der Waals surface area (Å²) in [6.45, 7) is 0. The molecule has 0 unspecified atom stereocenters. The molecular formula is C28H28O4. The molecular weight excluding hydrogens is 400 g/mol. The van der Waals surface area contributed by atoms with E-state index in [1.807, 2.05) is 48.5 Å². The molecule has 0 aliphatic heterocycles. The number of ether oxygens (including phenoxy) is 2. The van der Waals surface area contributed by atoms with Gasteiger partial charge in [0.2, 0.25) is 0 Å². The lowest BCUT2D eigenvalue weighted by Crippen LogP contribution is -1.89. The van der Waals surface area contributed by atoms with Crippen LogP contribution in [0.5, 0.6) is 23.0 Å². The van der Waals surface area contributed by atoms with Crippen LogP contribution in [-0.2, 0) is 12.8 Å². The number of methoxy groups -OCH3 is 2. The lowest BCUT2D eigenvalue weighted by molar-refractivity contribution is 0.414. The van der Waals surface area contributed by atoms with E-state index in [2.05, 4.69) is 24.3 Å². The summed E-state index contributed by atoms with van der Waals surface area (Å²) in [5.41, 5.74) is 4.82. The van der Waals surface area contributed by atoms with E-state index < -0.39 is 0 Å². The maximum absolute atomic E-state index is 9.13. The van der Waals surface area contributed by atoms with Crippen LogP contribution < -0.4 is 9.47 Å². The fourth-order valence-corrected chi connectivity index (χ4v) is 3.19. The van der Waals surface area contributed by atoms with Crippen molar-refractivity contribution in [2.75, 3.05) is 14.2 Å². The minimum Gasteiger partial charge on any atom is -0.508 e. The second-order valence-corrected chi connectivity index (χ2v) is 7.38. The van der Waals surface area contributed by atoms with Crippen molar-refractivity contribution < 1.29 is 19.7 Å². The molecule has 0 atom stereocenters. The van der Waals surface area contributed by atoms with Crippen molar-refractivity contribution in [1.82, 2.24) is 0 Å². The SMILES string of the molecule is COc1ccc(Cc2ccc(OC)cc2)cc1.Oc1ccc(Cc2ccc(O)cc2)cc1. The summed E-state index contributed by atoms with van der Waals surface area (Å²) in [5, 5.41) is 18.3. The third-order valence-electron chi connectivity index (χ3n) is 5.01. The van der Waals surface area contributed by atoms with Crippen LogP contribution in [0.15, 0.2) is 97.1 Å². The molecule has 0 aliphatic rings. The average molecular weight is 429 g/mol. The molecule has 4 aromatic carbocycles. The molecule has 4 aromatic rings. The van der Waals surface area contributed by atoms with Gasteiger partial charge in [-0.25, -0.2) is 0 Å². The van der Waals surface area contributed by atoms with Gasteiger partial charge in [0.25, 0.3) is 0 Å². The van der Waals surface area contributed by atoms with Gasteiger partial charge < -0.3 is 19.7 Å². The zero-order valence-corrected chi connectivity index (χ0v) is 18.4. The molecule has 0 heterocycles. The zero-order valence-electron chi connectivity index (χ0n) is 18.4. The molecule has 4 heteroatoms. The van der Waals surface area contributed by atoms with Gasteiger partial charge in [-0.05, 0) is 83.6 Å². The third-order valence-corrected chi connectivity index (χ3v) is 5.01. The molecule has 0 radical (unpaired) electrons. The molecule has 0 aromatic heterocycles. The van der Waals surface area contributed by atoms with Gasteiger partial charge in [-0.2, -0.15) is 0 Å². The number of hydrogen-bond donors (Lipinski definition) is 2. The number of aromatic hydroxyl groups is 2. The molecule has 2 N–H and O–H groups in total. The summed E-state index contributed by atoms with van der Waals surface area (Å²) in [5.74, 6) is 2.35. The van der Waals surface area contributed by atoms with Gasteiger partial charge in [0.1, 0.15) is 23.0 Å². The van der Waals surface area contributed by atoms with Gasteiger partial charge in [-0.1, -0.05) is 48.5 Å². The first-order chi connectivity index (χ1) is 15.6. The average Bonchev–Trinajstić information content (AvgIpc) is 2.83. The largest absolute Gasteiger partial charge is 0.508 e. The molecule has 0 saturated heterocycles. The van der Waals surface area contributed by atoms with Crippen LogP contribution >= 0.6 is 0 Å². The van der Waals surface area contributed by atoms with Crippen molar-refractivity contribution in [3.63, 3.8) is 0 Å². The van der Waals surface area contributed by atoms with Crippen molar-refractivity contribution in [3.05, 3.63) is 119 Å². The number of hydrogen-bond acceptors (Lipinski definition) is 4. The maximum atomic E-state index is 9.13. The molecule has 164 valence electrons. The monoisotopic (exact) mass is 428 g/mol. The summed E-state index contributed by atoms with van der Waals surface area (Å²) in [7, 11) is 3.36. The molecule has 0 spiro atoms. The first kappa shape index (κ1) is 22.8. The quantitative estimate of drug-likeness (QED) is 0.396. The Kier molecular flexibility index (Phi) is 8.15. The van der Waals surface area contributed by atoms with E-state index in [4.69, 9.17) is 19.7 Å². The van der Waals surface area contributed by atoms with Gasteiger partial charge >= 0.3 is 0 Å². The van der Waals surface area contributed by atoms with Crippen LogP contribution in [-0.4, -0.2) is 24.4 Å². The summed E-state index contributed by atoms with van der Waals surface area (Å²) in [6.07, 6.45) is 1.73.